The van der Waals surface area contributed by atoms with Crippen molar-refractivity contribution in [2.24, 2.45) is 0 Å². The molecule has 0 bridgehead atoms. The van der Waals surface area contributed by atoms with Crippen molar-refractivity contribution in [2.75, 3.05) is 18.4 Å². The molecule has 0 aliphatic carbocycles. The second-order valence-electron chi connectivity index (χ2n) is 4.77. The summed E-state index contributed by atoms with van der Waals surface area (Å²) in [5, 5.41) is 5.92. The first kappa shape index (κ1) is 16.8. The number of halogens is 2. The van der Waals surface area contributed by atoms with Gasteiger partial charge in [0.1, 0.15) is 22.3 Å². The monoisotopic (exact) mass is 381 g/mol. The number of nitrogens with one attached hydrogen (secondary N) is 2. The SMILES string of the molecule is O=C(NCCNc1cc(-n2cccc2)ncn1)c1cc(Cl)sc1Cl. The van der Waals surface area contributed by atoms with Gasteiger partial charge in [0.05, 0.1) is 9.90 Å². The van der Waals surface area contributed by atoms with E-state index in [1.807, 2.05) is 35.2 Å². The molecule has 9 heteroatoms. The molecule has 124 valence electrons. The molecule has 0 unspecified atom stereocenters. The Hall–Kier alpha value is -2.09. The minimum Gasteiger partial charge on any atom is -0.368 e. The van der Waals surface area contributed by atoms with Gasteiger partial charge in [0.25, 0.3) is 5.91 Å². The van der Waals surface area contributed by atoms with Crippen molar-refractivity contribution in [1.29, 1.82) is 0 Å². The van der Waals surface area contributed by atoms with E-state index in [1.165, 1.54) is 17.7 Å². The molecule has 2 N–H and O–H groups in total. The van der Waals surface area contributed by atoms with E-state index < -0.39 is 0 Å². The van der Waals surface area contributed by atoms with Crippen molar-refractivity contribution in [1.82, 2.24) is 19.9 Å². The summed E-state index contributed by atoms with van der Waals surface area (Å²) in [6, 6.07) is 7.24. The van der Waals surface area contributed by atoms with E-state index in [1.54, 1.807) is 6.07 Å². The van der Waals surface area contributed by atoms with Crippen LogP contribution in [0.15, 0.2) is 43.0 Å². The minimum atomic E-state index is -0.249. The smallest absolute Gasteiger partial charge is 0.253 e. The molecule has 24 heavy (non-hydrogen) atoms. The summed E-state index contributed by atoms with van der Waals surface area (Å²) in [6.07, 6.45) is 5.30. The molecule has 0 fully saturated rings. The van der Waals surface area contributed by atoms with Crippen LogP contribution in [0, 0.1) is 0 Å². The van der Waals surface area contributed by atoms with Gasteiger partial charge in [0, 0.05) is 31.5 Å². The summed E-state index contributed by atoms with van der Waals surface area (Å²) in [7, 11) is 0. The van der Waals surface area contributed by atoms with Gasteiger partial charge in [0.2, 0.25) is 0 Å². The molecule has 0 saturated heterocycles. The van der Waals surface area contributed by atoms with Gasteiger partial charge >= 0.3 is 0 Å². The quantitative estimate of drug-likeness (QED) is 0.641. The fourth-order valence-corrected chi connectivity index (χ4v) is 3.49. The molecule has 0 atom stereocenters. The number of amides is 1. The number of rotatable bonds is 6. The van der Waals surface area contributed by atoms with Gasteiger partial charge in [-0.05, 0) is 18.2 Å². The van der Waals surface area contributed by atoms with E-state index in [2.05, 4.69) is 20.6 Å². The van der Waals surface area contributed by atoms with Crippen molar-refractivity contribution < 1.29 is 4.79 Å². The summed E-state index contributed by atoms with van der Waals surface area (Å²) in [6.45, 7) is 0.939. The summed E-state index contributed by atoms with van der Waals surface area (Å²) >= 11 is 13.0. The van der Waals surface area contributed by atoms with Gasteiger partial charge in [0.15, 0.2) is 0 Å². The zero-order valence-corrected chi connectivity index (χ0v) is 14.7. The molecule has 1 amide bonds. The molecule has 3 heterocycles. The maximum Gasteiger partial charge on any atom is 0.253 e. The molecule has 0 aliphatic heterocycles. The normalized spacial score (nSPS) is 10.6. The highest BCUT2D eigenvalue weighted by atomic mass is 35.5. The third kappa shape index (κ3) is 4.05. The Morgan fingerprint density at radius 2 is 1.96 bits per heavy atom. The van der Waals surface area contributed by atoms with Gasteiger partial charge < -0.3 is 15.2 Å². The molecule has 3 aromatic heterocycles. The lowest BCUT2D eigenvalue weighted by molar-refractivity contribution is 0.0956. The van der Waals surface area contributed by atoms with Crippen LogP contribution in [0.25, 0.3) is 5.82 Å². The molecule has 0 aliphatic rings. The standard InChI is InChI=1S/C15H13Cl2N5OS/c16-11-7-10(14(17)24-11)15(23)19-4-3-18-12-8-13(21-9-20-12)22-5-1-2-6-22/h1-2,5-9H,3-4H2,(H,19,23)(H,18,20,21). The number of anilines is 1. The molecule has 3 aromatic rings. The Labute approximate surface area is 152 Å². The van der Waals surface area contributed by atoms with Crippen LogP contribution in [0.4, 0.5) is 5.82 Å². The molecule has 6 nitrogen and oxygen atoms in total. The average molecular weight is 382 g/mol. The van der Waals surface area contributed by atoms with Crippen LogP contribution in [-0.2, 0) is 0 Å². The Morgan fingerprint density at radius 3 is 2.67 bits per heavy atom. The lowest BCUT2D eigenvalue weighted by atomic mass is 10.3. The summed E-state index contributed by atoms with van der Waals surface area (Å²) in [5.74, 6) is 1.20. The third-order valence-corrected chi connectivity index (χ3v) is 4.63. The van der Waals surface area contributed by atoms with Gasteiger partial charge in [-0.1, -0.05) is 23.2 Å². The first-order valence-electron chi connectivity index (χ1n) is 7.06. The summed E-state index contributed by atoms with van der Waals surface area (Å²) in [5.41, 5.74) is 0.392. The molecule has 0 saturated carbocycles. The van der Waals surface area contributed by atoms with Crippen LogP contribution < -0.4 is 10.6 Å². The predicted molar refractivity (Wildman–Crippen MR) is 96.5 cm³/mol. The maximum absolute atomic E-state index is 12.0. The number of thiophene rings is 1. The zero-order valence-electron chi connectivity index (χ0n) is 12.4. The molecule has 3 rings (SSSR count). The molecule has 0 radical (unpaired) electrons. The van der Waals surface area contributed by atoms with E-state index in [-0.39, 0.29) is 5.91 Å². The van der Waals surface area contributed by atoms with Crippen molar-refractivity contribution in [3.8, 4) is 5.82 Å². The zero-order chi connectivity index (χ0) is 16.9. The van der Waals surface area contributed by atoms with E-state index >= 15 is 0 Å². The first-order valence-corrected chi connectivity index (χ1v) is 8.63. The number of hydrogen-bond acceptors (Lipinski definition) is 5. The fourth-order valence-electron chi connectivity index (χ4n) is 2.03. The highest BCUT2D eigenvalue weighted by Crippen LogP contribution is 2.30. The number of carbonyl (C=O) groups is 1. The topological polar surface area (TPSA) is 71.8 Å². The Morgan fingerprint density at radius 1 is 1.17 bits per heavy atom. The summed E-state index contributed by atoms with van der Waals surface area (Å²) < 4.78 is 2.76. The van der Waals surface area contributed by atoms with Crippen LogP contribution in [-0.4, -0.2) is 33.5 Å². The van der Waals surface area contributed by atoms with Crippen molar-refractivity contribution in [2.45, 2.75) is 0 Å². The Bertz CT molecular complexity index is 834. The Kier molecular flexibility index (Phi) is 5.34. The molecule has 0 spiro atoms. The Balaban J connectivity index is 1.51. The third-order valence-electron chi connectivity index (χ3n) is 3.14. The number of hydrogen-bond donors (Lipinski definition) is 2. The van der Waals surface area contributed by atoms with Crippen molar-refractivity contribution in [3.63, 3.8) is 0 Å². The average Bonchev–Trinajstić information content (AvgIpc) is 3.21. The largest absolute Gasteiger partial charge is 0.368 e. The lowest BCUT2D eigenvalue weighted by Gasteiger charge is -2.08. The number of aromatic nitrogens is 3. The second kappa shape index (κ2) is 7.65. The van der Waals surface area contributed by atoms with E-state index in [0.29, 0.717) is 33.1 Å². The van der Waals surface area contributed by atoms with Gasteiger partial charge in [-0.3, -0.25) is 4.79 Å². The molecule has 0 aromatic carbocycles. The van der Waals surface area contributed by atoms with Crippen LogP contribution in [0.3, 0.4) is 0 Å². The number of carbonyl (C=O) groups excluding carboxylic acids is 1. The maximum atomic E-state index is 12.0. The van der Waals surface area contributed by atoms with Crippen LogP contribution in [0.5, 0.6) is 0 Å². The van der Waals surface area contributed by atoms with Crippen LogP contribution in [0.1, 0.15) is 10.4 Å². The lowest BCUT2D eigenvalue weighted by Crippen LogP contribution is -2.28. The first-order chi connectivity index (χ1) is 11.6. The van der Waals surface area contributed by atoms with Crippen LogP contribution >= 0.6 is 34.5 Å². The predicted octanol–water partition coefficient (Wildman–Crippen LogP) is 3.48. The highest BCUT2D eigenvalue weighted by Gasteiger charge is 2.13. The van der Waals surface area contributed by atoms with E-state index in [9.17, 15) is 4.79 Å². The number of nitrogens with zero attached hydrogens (tertiary/aromatic N) is 3. The molecular weight excluding hydrogens is 369 g/mol. The highest BCUT2D eigenvalue weighted by molar-refractivity contribution is 7.20. The van der Waals surface area contributed by atoms with Crippen molar-refractivity contribution >= 4 is 46.3 Å². The van der Waals surface area contributed by atoms with Gasteiger partial charge in [-0.2, -0.15) is 0 Å². The second-order valence-corrected chi connectivity index (χ2v) is 7.06. The van der Waals surface area contributed by atoms with E-state index in [0.717, 1.165) is 5.82 Å². The van der Waals surface area contributed by atoms with Gasteiger partial charge in [-0.15, -0.1) is 11.3 Å². The van der Waals surface area contributed by atoms with Crippen LogP contribution in [0.2, 0.25) is 8.67 Å². The fraction of sp³-hybridized carbons (Fsp3) is 0.133. The van der Waals surface area contributed by atoms with E-state index in [4.69, 9.17) is 23.2 Å². The van der Waals surface area contributed by atoms with Crippen molar-refractivity contribution in [3.05, 3.63) is 57.2 Å². The van der Waals surface area contributed by atoms with Gasteiger partial charge in [-0.25, -0.2) is 9.97 Å². The summed E-state index contributed by atoms with van der Waals surface area (Å²) in [4.78, 5) is 20.4. The molecular formula is C15H13Cl2N5OS. The minimum absolute atomic E-state index is 0.249.